The average Bonchev–Trinajstić information content (AvgIpc) is 2.74. The topological polar surface area (TPSA) is 17.1 Å². The molecule has 0 aromatic carbocycles. The molecule has 16 heavy (non-hydrogen) atoms. The Morgan fingerprint density at radius 1 is 1.50 bits per heavy atom. The fourth-order valence-corrected chi connectivity index (χ4v) is 2.94. The van der Waals surface area contributed by atoms with Crippen molar-refractivity contribution in [2.45, 2.75) is 26.7 Å². The molecular weight excluding hydrogens is 216 g/mol. The van der Waals surface area contributed by atoms with Crippen molar-refractivity contribution in [3.63, 3.8) is 0 Å². The second kappa shape index (κ2) is 4.38. The molecule has 1 aliphatic carbocycles. The number of rotatable bonds is 2. The largest absolute Gasteiger partial charge is 0.295 e. The van der Waals surface area contributed by atoms with Gasteiger partial charge in [-0.25, -0.2) is 0 Å². The number of hydrogen-bond acceptors (Lipinski definition) is 2. The van der Waals surface area contributed by atoms with Gasteiger partial charge in [0.1, 0.15) is 0 Å². The summed E-state index contributed by atoms with van der Waals surface area (Å²) >= 11 is 1.71. The molecule has 1 aliphatic rings. The van der Waals surface area contributed by atoms with Crippen LogP contribution in [0.5, 0.6) is 0 Å². The van der Waals surface area contributed by atoms with E-state index >= 15 is 0 Å². The lowest BCUT2D eigenvalue weighted by molar-refractivity contribution is -0.116. The fraction of sp³-hybridized carbons (Fsp3) is 0.357. The Balaban J connectivity index is 2.38. The van der Waals surface area contributed by atoms with Gasteiger partial charge in [0.15, 0.2) is 5.78 Å². The molecule has 2 rings (SSSR count). The summed E-state index contributed by atoms with van der Waals surface area (Å²) in [7, 11) is 0. The molecule has 1 aromatic heterocycles. The number of hydrogen-bond donors (Lipinski definition) is 0. The Labute approximate surface area is 100 Å². The Bertz CT molecular complexity index is 451. The van der Waals surface area contributed by atoms with E-state index in [-0.39, 0.29) is 5.78 Å². The van der Waals surface area contributed by atoms with E-state index in [0.717, 1.165) is 17.6 Å². The number of thiophene rings is 1. The zero-order valence-corrected chi connectivity index (χ0v) is 10.6. The third-order valence-electron chi connectivity index (χ3n) is 3.27. The van der Waals surface area contributed by atoms with Crippen LogP contribution in [0.2, 0.25) is 0 Å². The van der Waals surface area contributed by atoms with E-state index < -0.39 is 0 Å². The van der Waals surface area contributed by atoms with Crippen molar-refractivity contribution >= 4 is 22.7 Å². The number of carbonyl (C=O) groups is 1. The number of ketones is 1. The lowest BCUT2D eigenvalue weighted by atomic mass is 9.80. The zero-order valence-electron chi connectivity index (χ0n) is 9.75. The summed E-state index contributed by atoms with van der Waals surface area (Å²) in [5.41, 5.74) is 3.29. The summed E-state index contributed by atoms with van der Waals surface area (Å²) in [6.07, 6.45) is 1.60. The highest BCUT2D eigenvalue weighted by Gasteiger charge is 2.26. The summed E-state index contributed by atoms with van der Waals surface area (Å²) in [5.74, 6) is 0.607. The minimum absolute atomic E-state index is 0.280. The molecular formula is C14H16OS. The third kappa shape index (κ3) is 2.03. The van der Waals surface area contributed by atoms with Crippen LogP contribution in [0, 0.1) is 5.92 Å². The Kier molecular flexibility index (Phi) is 3.10. The van der Waals surface area contributed by atoms with Gasteiger partial charge in [-0.1, -0.05) is 18.2 Å². The quantitative estimate of drug-likeness (QED) is 0.702. The molecule has 0 N–H and O–H groups in total. The van der Waals surface area contributed by atoms with Gasteiger partial charge in [0.2, 0.25) is 0 Å². The van der Waals surface area contributed by atoms with Crippen LogP contribution in [-0.2, 0) is 4.79 Å². The Morgan fingerprint density at radius 3 is 2.81 bits per heavy atom. The summed E-state index contributed by atoms with van der Waals surface area (Å²) < 4.78 is 0. The van der Waals surface area contributed by atoms with Gasteiger partial charge in [0, 0.05) is 11.3 Å². The second-order valence-electron chi connectivity index (χ2n) is 4.46. The highest BCUT2D eigenvalue weighted by Crippen LogP contribution is 2.37. The second-order valence-corrected chi connectivity index (χ2v) is 5.40. The van der Waals surface area contributed by atoms with Gasteiger partial charge in [-0.05, 0) is 48.8 Å². The molecule has 1 aromatic rings. The smallest absolute Gasteiger partial charge is 0.159 e. The molecule has 0 fully saturated rings. The minimum Gasteiger partial charge on any atom is -0.295 e. The van der Waals surface area contributed by atoms with Crippen molar-refractivity contribution < 1.29 is 4.79 Å². The highest BCUT2D eigenvalue weighted by molar-refractivity contribution is 7.11. The molecule has 1 atom stereocenters. The maximum Gasteiger partial charge on any atom is 0.159 e. The molecule has 0 amide bonds. The molecule has 0 saturated heterocycles. The lowest BCUT2D eigenvalue weighted by Crippen LogP contribution is -2.17. The van der Waals surface area contributed by atoms with Gasteiger partial charge in [0.25, 0.3) is 0 Å². The van der Waals surface area contributed by atoms with E-state index in [1.54, 1.807) is 11.3 Å². The van der Waals surface area contributed by atoms with Gasteiger partial charge < -0.3 is 0 Å². The molecule has 0 saturated carbocycles. The first-order valence-corrected chi connectivity index (χ1v) is 6.39. The Morgan fingerprint density at radius 2 is 2.25 bits per heavy atom. The van der Waals surface area contributed by atoms with Crippen LogP contribution in [0.15, 0.2) is 35.2 Å². The van der Waals surface area contributed by atoms with Crippen molar-refractivity contribution in [2.75, 3.05) is 0 Å². The van der Waals surface area contributed by atoms with Crippen LogP contribution in [0.25, 0.3) is 5.57 Å². The normalized spacial score (nSPS) is 21.4. The van der Waals surface area contributed by atoms with Crippen molar-refractivity contribution in [3.8, 4) is 0 Å². The van der Waals surface area contributed by atoms with E-state index in [0.29, 0.717) is 12.3 Å². The van der Waals surface area contributed by atoms with Crippen LogP contribution < -0.4 is 0 Å². The maximum absolute atomic E-state index is 11.9. The number of carbonyl (C=O) groups excluding carboxylic acids is 1. The number of Topliss-reactive ketones (excluding diaryl/α,β-unsaturated/α-hetero) is 1. The van der Waals surface area contributed by atoms with Crippen molar-refractivity contribution in [2.24, 2.45) is 5.92 Å². The van der Waals surface area contributed by atoms with E-state index in [9.17, 15) is 4.79 Å². The predicted molar refractivity (Wildman–Crippen MR) is 69.5 cm³/mol. The summed E-state index contributed by atoms with van der Waals surface area (Å²) in [6.45, 7) is 7.95. The molecule has 0 bridgehead atoms. The summed E-state index contributed by atoms with van der Waals surface area (Å²) in [4.78, 5) is 13.2. The van der Waals surface area contributed by atoms with E-state index in [2.05, 4.69) is 18.0 Å². The first-order valence-electron chi connectivity index (χ1n) is 5.52. The lowest BCUT2D eigenvalue weighted by Gasteiger charge is -2.24. The molecule has 1 nitrogen and oxygen atoms in total. The zero-order chi connectivity index (χ0) is 11.7. The monoisotopic (exact) mass is 232 g/mol. The maximum atomic E-state index is 11.9. The first kappa shape index (κ1) is 11.3. The van der Waals surface area contributed by atoms with Gasteiger partial charge in [-0.3, -0.25) is 4.79 Å². The molecule has 0 aliphatic heterocycles. The standard InChI is InChI=1S/C14H16OS/c1-9(2)11-7-12(10(3)13(15)8-11)14-5-4-6-16-14/h4-6,11H,1,7-8H2,2-3H3. The summed E-state index contributed by atoms with van der Waals surface area (Å²) in [5, 5.41) is 2.06. The molecule has 1 heterocycles. The van der Waals surface area contributed by atoms with E-state index in [1.165, 1.54) is 10.5 Å². The minimum atomic E-state index is 0.280. The third-order valence-corrected chi connectivity index (χ3v) is 4.20. The molecule has 1 unspecified atom stereocenters. The van der Waals surface area contributed by atoms with Crippen molar-refractivity contribution in [1.29, 1.82) is 0 Å². The van der Waals surface area contributed by atoms with Crippen LogP contribution in [0.1, 0.15) is 31.6 Å². The number of allylic oxidation sites excluding steroid dienone is 3. The molecule has 0 radical (unpaired) electrons. The van der Waals surface area contributed by atoms with Crippen LogP contribution in [0.4, 0.5) is 0 Å². The van der Waals surface area contributed by atoms with E-state index in [1.807, 2.05) is 19.9 Å². The predicted octanol–water partition coefficient (Wildman–Crippen LogP) is 4.08. The molecule has 2 heteroatoms. The van der Waals surface area contributed by atoms with Crippen molar-refractivity contribution in [1.82, 2.24) is 0 Å². The van der Waals surface area contributed by atoms with Crippen LogP contribution >= 0.6 is 11.3 Å². The van der Waals surface area contributed by atoms with Crippen molar-refractivity contribution in [3.05, 3.63) is 40.1 Å². The molecule has 0 spiro atoms. The Hall–Kier alpha value is -1.15. The van der Waals surface area contributed by atoms with Crippen LogP contribution in [-0.4, -0.2) is 5.78 Å². The van der Waals surface area contributed by atoms with Gasteiger partial charge in [0.05, 0.1) is 0 Å². The molecule has 84 valence electrons. The fourth-order valence-electron chi connectivity index (χ4n) is 2.10. The highest BCUT2D eigenvalue weighted by atomic mass is 32.1. The van der Waals surface area contributed by atoms with Crippen LogP contribution in [0.3, 0.4) is 0 Å². The van der Waals surface area contributed by atoms with Gasteiger partial charge in [-0.15, -0.1) is 11.3 Å². The van der Waals surface area contributed by atoms with E-state index in [4.69, 9.17) is 0 Å². The SMILES string of the molecule is C=C(C)C1CC(=O)C(C)=C(c2cccs2)C1. The first-order chi connectivity index (χ1) is 7.59. The summed E-state index contributed by atoms with van der Waals surface area (Å²) in [6, 6.07) is 4.13. The average molecular weight is 232 g/mol. The van der Waals surface area contributed by atoms with Gasteiger partial charge >= 0.3 is 0 Å². The van der Waals surface area contributed by atoms with Gasteiger partial charge in [-0.2, -0.15) is 0 Å².